The van der Waals surface area contributed by atoms with E-state index in [2.05, 4.69) is 23.8 Å². The Kier molecular flexibility index (Phi) is 3.12. The standard InChI is InChI=1S/C11H12ClN3S/c1-6(2)8-4-10(13)15-11(14-8)9-3-7(12)5-16-9/h3-6H,1-2H3,(H2,13,14,15). The quantitative estimate of drug-likeness (QED) is 0.890. The third-order valence-electron chi connectivity index (χ3n) is 2.15. The highest BCUT2D eigenvalue weighted by Gasteiger charge is 2.09. The van der Waals surface area contributed by atoms with Crippen LogP contribution >= 0.6 is 22.9 Å². The summed E-state index contributed by atoms with van der Waals surface area (Å²) in [7, 11) is 0. The Hall–Kier alpha value is -1.13. The van der Waals surface area contributed by atoms with E-state index in [1.165, 1.54) is 11.3 Å². The molecule has 0 amide bonds. The summed E-state index contributed by atoms with van der Waals surface area (Å²) in [6.07, 6.45) is 0. The highest BCUT2D eigenvalue weighted by molar-refractivity contribution is 7.14. The van der Waals surface area contributed by atoms with Gasteiger partial charge in [-0.3, -0.25) is 0 Å². The smallest absolute Gasteiger partial charge is 0.171 e. The number of anilines is 1. The molecule has 0 radical (unpaired) electrons. The van der Waals surface area contributed by atoms with Crippen LogP contribution < -0.4 is 5.73 Å². The van der Waals surface area contributed by atoms with Crippen molar-refractivity contribution in [1.82, 2.24) is 9.97 Å². The molecule has 0 fully saturated rings. The van der Waals surface area contributed by atoms with E-state index >= 15 is 0 Å². The number of halogens is 1. The maximum atomic E-state index is 5.88. The number of nitrogen functional groups attached to an aromatic ring is 1. The van der Waals surface area contributed by atoms with E-state index in [0.717, 1.165) is 10.6 Å². The fraction of sp³-hybridized carbons (Fsp3) is 0.273. The first kappa shape index (κ1) is 11.4. The van der Waals surface area contributed by atoms with E-state index < -0.39 is 0 Å². The van der Waals surface area contributed by atoms with Crippen molar-refractivity contribution in [2.24, 2.45) is 0 Å². The van der Waals surface area contributed by atoms with Crippen LogP contribution in [0.5, 0.6) is 0 Å². The van der Waals surface area contributed by atoms with Gasteiger partial charge in [0.15, 0.2) is 5.82 Å². The molecule has 0 unspecified atom stereocenters. The van der Waals surface area contributed by atoms with Crippen molar-refractivity contribution in [1.29, 1.82) is 0 Å². The number of aromatic nitrogens is 2. The summed E-state index contributed by atoms with van der Waals surface area (Å²) in [5.74, 6) is 1.48. The first-order valence-corrected chi connectivity index (χ1v) is 6.21. The van der Waals surface area contributed by atoms with Gasteiger partial charge in [0, 0.05) is 17.1 Å². The van der Waals surface area contributed by atoms with Gasteiger partial charge in [-0.2, -0.15) is 0 Å². The van der Waals surface area contributed by atoms with Crippen LogP contribution in [-0.4, -0.2) is 9.97 Å². The van der Waals surface area contributed by atoms with Crippen LogP contribution in [0.1, 0.15) is 25.5 Å². The minimum atomic E-state index is 0.333. The molecule has 0 bridgehead atoms. The third kappa shape index (κ3) is 2.33. The Morgan fingerprint density at radius 2 is 2.06 bits per heavy atom. The normalized spacial score (nSPS) is 11.0. The molecule has 2 aromatic rings. The van der Waals surface area contributed by atoms with Gasteiger partial charge in [-0.25, -0.2) is 9.97 Å². The Labute approximate surface area is 103 Å². The van der Waals surface area contributed by atoms with Crippen molar-refractivity contribution in [2.45, 2.75) is 19.8 Å². The van der Waals surface area contributed by atoms with E-state index in [-0.39, 0.29) is 0 Å². The molecular formula is C11H12ClN3S. The van der Waals surface area contributed by atoms with Gasteiger partial charge in [0.25, 0.3) is 0 Å². The molecule has 0 saturated carbocycles. The Morgan fingerprint density at radius 1 is 1.31 bits per heavy atom. The molecule has 2 heterocycles. The molecule has 0 saturated heterocycles. The molecular weight excluding hydrogens is 242 g/mol. The van der Waals surface area contributed by atoms with Crippen molar-refractivity contribution in [3.8, 4) is 10.7 Å². The first-order chi connectivity index (χ1) is 7.56. The minimum Gasteiger partial charge on any atom is -0.384 e. The molecule has 5 heteroatoms. The highest BCUT2D eigenvalue weighted by atomic mass is 35.5. The van der Waals surface area contributed by atoms with Crippen LogP contribution in [0.15, 0.2) is 17.5 Å². The second kappa shape index (κ2) is 4.39. The van der Waals surface area contributed by atoms with Crippen molar-refractivity contribution in [3.63, 3.8) is 0 Å². The van der Waals surface area contributed by atoms with Gasteiger partial charge in [-0.1, -0.05) is 25.4 Å². The van der Waals surface area contributed by atoms with Crippen LogP contribution in [0.4, 0.5) is 5.82 Å². The van der Waals surface area contributed by atoms with Crippen molar-refractivity contribution >= 4 is 28.8 Å². The zero-order valence-corrected chi connectivity index (χ0v) is 10.6. The average Bonchev–Trinajstić information content (AvgIpc) is 2.64. The average molecular weight is 254 g/mol. The maximum Gasteiger partial charge on any atom is 0.171 e. The van der Waals surface area contributed by atoms with Gasteiger partial charge in [0.05, 0.1) is 9.90 Å². The van der Waals surface area contributed by atoms with Gasteiger partial charge in [0.1, 0.15) is 5.82 Å². The predicted octanol–water partition coefficient (Wildman–Crippen LogP) is 3.56. The molecule has 2 aromatic heterocycles. The Balaban J connectivity index is 2.49. The molecule has 2 N–H and O–H groups in total. The number of nitrogens with two attached hydrogens (primary N) is 1. The molecule has 3 nitrogen and oxygen atoms in total. The molecule has 0 aromatic carbocycles. The molecule has 0 atom stereocenters. The summed E-state index contributed by atoms with van der Waals surface area (Å²) in [4.78, 5) is 9.64. The van der Waals surface area contributed by atoms with E-state index in [9.17, 15) is 0 Å². The van der Waals surface area contributed by atoms with Crippen LogP contribution in [0, 0.1) is 0 Å². The monoisotopic (exact) mass is 253 g/mol. The second-order valence-electron chi connectivity index (χ2n) is 3.83. The molecule has 0 spiro atoms. The summed E-state index contributed by atoms with van der Waals surface area (Å²) in [6.45, 7) is 4.15. The van der Waals surface area contributed by atoms with Crippen molar-refractivity contribution < 1.29 is 0 Å². The number of hydrogen-bond donors (Lipinski definition) is 1. The zero-order chi connectivity index (χ0) is 11.7. The summed E-state index contributed by atoms with van der Waals surface area (Å²) < 4.78 is 0. The molecule has 0 aliphatic heterocycles. The maximum absolute atomic E-state index is 5.88. The second-order valence-corrected chi connectivity index (χ2v) is 5.17. The molecule has 84 valence electrons. The SMILES string of the molecule is CC(C)c1cc(N)nc(-c2cc(Cl)cs2)n1. The Morgan fingerprint density at radius 3 is 2.62 bits per heavy atom. The van der Waals surface area contributed by atoms with Crippen LogP contribution in [-0.2, 0) is 0 Å². The third-order valence-corrected chi connectivity index (χ3v) is 3.42. The molecule has 16 heavy (non-hydrogen) atoms. The lowest BCUT2D eigenvalue weighted by Crippen LogP contribution is -2.00. The van der Waals surface area contributed by atoms with Gasteiger partial charge >= 0.3 is 0 Å². The van der Waals surface area contributed by atoms with Crippen LogP contribution in [0.3, 0.4) is 0 Å². The number of nitrogens with zero attached hydrogens (tertiary/aromatic N) is 2. The van der Waals surface area contributed by atoms with E-state index in [0.29, 0.717) is 22.6 Å². The molecule has 0 aliphatic carbocycles. The number of hydrogen-bond acceptors (Lipinski definition) is 4. The lowest BCUT2D eigenvalue weighted by molar-refractivity contribution is 0.819. The fourth-order valence-electron chi connectivity index (χ4n) is 1.32. The lowest BCUT2D eigenvalue weighted by atomic mass is 10.1. The zero-order valence-electron chi connectivity index (χ0n) is 9.07. The fourth-order valence-corrected chi connectivity index (χ4v) is 2.33. The number of thiophene rings is 1. The van der Waals surface area contributed by atoms with E-state index in [4.69, 9.17) is 17.3 Å². The van der Waals surface area contributed by atoms with Crippen molar-refractivity contribution in [3.05, 3.63) is 28.2 Å². The topological polar surface area (TPSA) is 51.8 Å². The van der Waals surface area contributed by atoms with Crippen LogP contribution in [0.2, 0.25) is 5.02 Å². The first-order valence-electron chi connectivity index (χ1n) is 4.95. The van der Waals surface area contributed by atoms with Crippen molar-refractivity contribution in [2.75, 3.05) is 5.73 Å². The lowest BCUT2D eigenvalue weighted by Gasteiger charge is -2.06. The Bertz CT molecular complexity index is 508. The molecule has 2 rings (SSSR count). The summed E-state index contributed by atoms with van der Waals surface area (Å²) in [5.41, 5.74) is 6.71. The summed E-state index contributed by atoms with van der Waals surface area (Å²) >= 11 is 7.40. The van der Waals surface area contributed by atoms with Gasteiger partial charge in [-0.15, -0.1) is 11.3 Å². The summed E-state index contributed by atoms with van der Waals surface area (Å²) in [5, 5.41) is 2.57. The minimum absolute atomic E-state index is 0.333. The summed E-state index contributed by atoms with van der Waals surface area (Å²) in [6, 6.07) is 3.66. The van der Waals surface area contributed by atoms with Crippen LogP contribution in [0.25, 0.3) is 10.7 Å². The number of rotatable bonds is 2. The van der Waals surface area contributed by atoms with Gasteiger partial charge in [-0.05, 0) is 12.0 Å². The largest absolute Gasteiger partial charge is 0.384 e. The van der Waals surface area contributed by atoms with E-state index in [1.807, 2.05) is 17.5 Å². The predicted molar refractivity (Wildman–Crippen MR) is 68.9 cm³/mol. The molecule has 0 aliphatic rings. The van der Waals surface area contributed by atoms with Gasteiger partial charge < -0.3 is 5.73 Å². The highest BCUT2D eigenvalue weighted by Crippen LogP contribution is 2.28. The van der Waals surface area contributed by atoms with Gasteiger partial charge in [0.2, 0.25) is 0 Å². The van der Waals surface area contributed by atoms with E-state index in [1.54, 1.807) is 0 Å².